The van der Waals surface area contributed by atoms with Gasteiger partial charge in [0.25, 0.3) is 0 Å². The van der Waals surface area contributed by atoms with Gasteiger partial charge in [0, 0.05) is 18.1 Å². The van der Waals surface area contributed by atoms with Crippen LogP contribution in [0.15, 0.2) is 0 Å². The highest BCUT2D eigenvalue weighted by Crippen LogP contribution is 2.27. The van der Waals surface area contributed by atoms with E-state index in [-0.39, 0.29) is 0 Å². The van der Waals surface area contributed by atoms with Crippen molar-refractivity contribution in [1.82, 2.24) is 9.80 Å². The Balaban J connectivity index is 1.87. The summed E-state index contributed by atoms with van der Waals surface area (Å²) in [6.07, 6.45) is 10.6. The minimum atomic E-state index is 0.471. The van der Waals surface area contributed by atoms with E-state index >= 15 is 0 Å². The van der Waals surface area contributed by atoms with Gasteiger partial charge in [-0.2, -0.15) is 0 Å². The van der Waals surface area contributed by atoms with Crippen LogP contribution in [0.2, 0.25) is 0 Å². The van der Waals surface area contributed by atoms with Crippen LogP contribution in [0.1, 0.15) is 65.2 Å². The SMILES string of the molecule is CCCN1CCCC(N(CC)C2CCC(N)CC2)CC1. The van der Waals surface area contributed by atoms with Crippen molar-refractivity contribution in [2.75, 3.05) is 26.2 Å². The van der Waals surface area contributed by atoms with Crippen molar-refractivity contribution in [2.24, 2.45) is 5.73 Å². The summed E-state index contributed by atoms with van der Waals surface area (Å²) in [6, 6.07) is 2.10. The zero-order chi connectivity index (χ0) is 14.4. The smallest absolute Gasteiger partial charge is 0.0111 e. The quantitative estimate of drug-likeness (QED) is 0.841. The lowest BCUT2D eigenvalue weighted by Gasteiger charge is -2.40. The highest BCUT2D eigenvalue weighted by Gasteiger charge is 2.29. The van der Waals surface area contributed by atoms with Crippen LogP contribution in [-0.4, -0.2) is 54.1 Å². The van der Waals surface area contributed by atoms with Crippen molar-refractivity contribution in [3.05, 3.63) is 0 Å². The summed E-state index contributed by atoms with van der Waals surface area (Å²) >= 11 is 0. The van der Waals surface area contributed by atoms with Gasteiger partial charge in [-0.05, 0) is 77.5 Å². The minimum Gasteiger partial charge on any atom is -0.328 e. The molecule has 3 nitrogen and oxygen atoms in total. The first-order valence-corrected chi connectivity index (χ1v) is 8.98. The molecule has 1 aliphatic carbocycles. The van der Waals surface area contributed by atoms with Gasteiger partial charge >= 0.3 is 0 Å². The van der Waals surface area contributed by atoms with E-state index in [0.717, 1.165) is 12.1 Å². The largest absolute Gasteiger partial charge is 0.328 e. The van der Waals surface area contributed by atoms with Gasteiger partial charge in [0.05, 0.1) is 0 Å². The summed E-state index contributed by atoms with van der Waals surface area (Å²) in [4.78, 5) is 5.49. The van der Waals surface area contributed by atoms with Crippen LogP contribution in [0, 0.1) is 0 Å². The minimum absolute atomic E-state index is 0.471. The van der Waals surface area contributed by atoms with E-state index in [1.54, 1.807) is 0 Å². The molecule has 118 valence electrons. The maximum absolute atomic E-state index is 6.07. The Morgan fingerprint density at radius 3 is 2.30 bits per heavy atom. The summed E-state index contributed by atoms with van der Waals surface area (Å²) in [7, 11) is 0. The van der Waals surface area contributed by atoms with Crippen LogP contribution in [0.4, 0.5) is 0 Å². The van der Waals surface area contributed by atoms with E-state index < -0.39 is 0 Å². The fourth-order valence-electron chi connectivity index (χ4n) is 4.26. The molecule has 2 rings (SSSR count). The second-order valence-corrected chi connectivity index (χ2v) is 6.83. The zero-order valence-electron chi connectivity index (χ0n) is 13.7. The topological polar surface area (TPSA) is 32.5 Å². The van der Waals surface area contributed by atoms with Gasteiger partial charge in [0.1, 0.15) is 0 Å². The predicted octanol–water partition coefficient (Wildman–Crippen LogP) is 2.84. The van der Waals surface area contributed by atoms with Crippen molar-refractivity contribution >= 4 is 0 Å². The molecule has 0 aromatic carbocycles. The fourth-order valence-corrected chi connectivity index (χ4v) is 4.26. The fraction of sp³-hybridized carbons (Fsp3) is 1.00. The lowest BCUT2D eigenvalue weighted by molar-refractivity contribution is 0.0961. The molecule has 2 N–H and O–H groups in total. The number of rotatable bonds is 5. The molecule has 1 saturated heterocycles. The van der Waals surface area contributed by atoms with Crippen molar-refractivity contribution in [2.45, 2.75) is 83.3 Å². The normalized spacial score (nSPS) is 33.3. The number of nitrogens with two attached hydrogens (primary N) is 1. The molecular formula is C17H35N3. The Morgan fingerprint density at radius 1 is 0.950 bits per heavy atom. The Hall–Kier alpha value is -0.120. The molecular weight excluding hydrogens is 246 g/mol. The van der Waals surface area contributed by atoms with Crippen LogP contribution < -0.4 is 5.73 Å². The van der Waals surface area contributed by atoms with Crippen LogP contribution in [0.3, 0.4) is 0 Å². The molecule has 2 fully saturated rings. The lowest BCUT2D eigenvalue weighted by atomic mass is 9.89. The molecule has 1 heterocycles. The van der Waals surface area contributed by atoms with E-state index in [0.29, 0.717) is 6.04 Å². The van der Waals surface area contributed by atoms with Gasteiger partial charge in [0.2, 0.25) is 0 Å². The van der Waals surface area contributed by atoms with Crippen LogP contribution >= 0.6 is 0 Å². The van der Waals surface area contributed by atoms with Gasteiger partial charge in [-0.15, -0.1) is 0 Å². The molecule has 0 aromatic rings. The van der Waals surface area contributed by atoms with Gasteiger partial charge < -0.3 is 10.6 Å². The number of hydrogen-bond acceptors (Lipinski definition) is 3. The second kappa shape index (κ2) is 8.35. The van der Waals surface area contributed by atoms with Crippen molar-refractivity contribution in [1.29, 1.82) is 0 Å². The van der Waals surface area contributed by atoms with Crippen LogP contribution in [-0.2, 0) is 0 Å². The Kier molecular flexibility index (Phi) is 6.79. The summed E-state index contributed by atoms with van der Waals surface area (Å²) < 4.78 is 0. The Morgan fingerprint density at radius 2 is 1.65 bits per heavy atom. The first-order valence-electron chi connectivity index (χ1n) is 8.98. The molecule has 0 amide bonds. The molecule has 2 aliphatic rings. The van der Waals surface area contributed by atoms with E-state index in [1.807, 2.05) is 0 Å². The van der Waals surface area contributed by atoms with E-state index in [2.05, 4.69) is 23.6 Å². The summed E-state index contributed by atoms with van der Waals surface area (Å²) in [5.41, 5.74) is 6.07. The van der Waals surface area contributed by atoms with Crippen molar-refractivity contribution < 1.29 is 0 Å². The molecule has 1 atom stereocenters. The number of nitrogens with zero attached hydrogens (tertiary/aromatic N) is 2. The van der Waals surface area contributed by atoms with Gasteiger partial charge in [-0.1, -0.05) is 13.8 Å². The first-order chi connectivity index (χ1) is 9.74. The van der Waals surface area contributed by atoms with Gasteiger partial charge in [0.15, 0.2) is 0 Å². The molecule has 0 bridgehead atoms. The summed E-state index contributed by atoms with van der Waals surface area (Å²) in [5, 5.41) is 0. The average molecular weight is 281 g/mol. The monoisotopic (exact) mass is 281 g/mol. The van der Waals surface area contributed by atoms with Gasteiger partial charge in [-0.3, -0.25) is 4.90 Å². The Bertz CT molecular complexity index is 261. The average Bonchev–Trinajstić information content (AvgIpc) is 2.68. The molecule has 0 spiro atoms. The third-order valence-electron chi connectivity index (χ3n) is 5.37. The third-order valence-corrected chi connectivity index (χ3v) is 5.37. The zero-order valence-corrected chi connectivity index (χ0v) is 13.7. The summed E-state index contributed by atoms with van der Waals surface area (Å²) in [6.45, 7) is 9.78. The predicted molar refractivity (Wildman–Crippen MR) is 87.0 cm³/mol. The lowest BCUT2D eigenvalue weighted by Crippen LogP contribution is -2.46. The first kappa shape index (κ1) is 16.3. The molecule has 20 heavy (non-hydrogen) atoms. The molecule has 1 aliphatic heterocycles. The van der Waals surface area contributed by atoms with E-state index in [9.17, 15) is 0 Å². The highest BCUT2D eigenvalue weighted by atomic mass is 15.2. The highest BCUT2D eigenvalue weighted by molar-refractivity contribution is 4.86. The van der Waals surface area contributed by atoms with Crippen LogP contribution in [0.25, 0.3) is 0 Å². The molecule has 3 heteroatoms. The van der Waals surface area contributed by atoms with E-state index in [1.165, 1.54) is 77.5 Å². The van der Waals surface area contributed by atoms with Crippen molar-refractivity contribution in [3.8, 4) is 0 Å². The molecule has 0 aromatic heterocycles. The van der Waals surface area contributed by atoms with Crippen molar-refractivity contribution in [3.63, 3.8) is 0 Å². The molecule has 1 saturated carbocycles. The standard InChI is InChI=1S/C17H35N3/c1-3-12-19-13-5-6-16(11-14-19)20(4-2)17-9-7-15(18)8-10-17/h15-17H,3-14,18H2,1-2H3. The summed E-state index contributed by atoms with van der Waals surface area (Å²) in [5.74, 6) is 0. The second-order valence-electron chi connectivity index (χ2n) is 6.83. The van der Waals surface area contributed by atoms with Gasteiger partial charge in [-0.25, -0.2) is 0 Å². The maximum atomic E-state index is 6.07. The molecule has 0 radical (unpaired) electrons. The number of likely N-dealkylation sites (tertiary alicyclic amines) is 1. The Labute approximate surface area is 125 Å². The van der Waals surface area contributed by atoms with Crippen LogP contribution in [0.5, 0.6) is 0 Å². The maximum Gasteiger partial charge on any atom is 0.0111 e. The third kappa shape index (κ3) is 4.44. The van der Waals surface area contributed by atoms with E-state index in [4.69, 9.17) is 5.73 Å². The number of hydrogen-bond donors (Lipinski definition) is 1. The molecule has 1 unspecified atom stereocenters.